The molecule has 1 amide bonds. The fraction of sp³-hybridized carbons (Fsp3) is 0.333. The fourth-order valence-electron chi connectivity index (χ4n) is 3.07. The van der Waals surface area contributed by atoms with Crippen molar-refractivity contribution < 1.29 is 26.9 Å². The van der Waals surface area contributed by atoms with Gasteiger partial charge in [0.15, 0.2) is 18.0 Å². The zero-order chi connectivity index (χ0) is 24.3. The van der Waals surface area contributed by atoms with E-state index in [-0.39, 0.29) is 42.5 Å². The van der Waals surface area contributed by atoms with Crippen LogP contribution in [0.2, 0.25) is 5.15 Å². The molecule has 180 valence electrons. The largest absolute Gasteiger partial charge is 0.477 e. The van der Waals surface area contributed by atoms with Crippen LogP contribution in [0.3, 0.4) is 0 Å². The number of halogens is 4. The molecule has 8 nitrogen and oxygen atoms in total. The van der Waals surface area contributed by atoms with Crippen LogP contribution < -0.4 is 13.6 Å². The maximum absolute atomic E-state index is 13.0. The second kappa shape index (κ2) is 9.71. The summed E-state index contributed by atoms with van der Waals surface area (Å²) in [7, 11) is 0. The number of carbonyl (C=O) groups is 1. The highest BCUT2D eigenvalue weighted by molar-refractivity contribution is 7.93. The van der Waals surface area contributed by atoms with Gasteiger partial charge < -0.3 is 8.92 Å². The van der Waals surface area contributed by atoms with Crippen molar-refractivity contribution in [3.05, 3.63) is 59.0 Å². The average Bonchev–Trinajstić information content (AvgIpc) is 3.45. The van der Waals surface area contributed by atoms with Crippen LogP contribution in [-0.2, 0) is 0 Å². The predicted octanol–water partition coefficient (Wildman–Crippen LogP) is 5.11. The molecule has 1 aliphatic rings. The summed E-state index contributed by atoms with van der Waals surface area (Å²) >= 11 is 6.85. The lowest BCUT2D eigenvalue weighted by molar-refractivity contribution is -0.190. The Bertz CT molecular complexity index is 1170. The first-order valence-electron chi connectivity index (χ1n) is 10.2. The average molecular weight is 514 g/mol. The van der Waals surface area contributed by atoms with E-state index < -0.39 is 17.5 Å². The third-order valence-corrected chi connectivity index (χ3v) is 6.12. The molecule has 0 bridgehead atoms. The Hall–Kier alpha value is -2.99. The molecule has 0 spiro atoms. The van der Waals surface area contributed by atoms with Gasteiger partial charge in [0.1, 0.15) is 5.15 Å². The summed E-state index contributed by atoms with van der Waals surface area (Å²) < 4.78 is 53.5. The molecule has 1 aliphatic carbocycles. The first-order chi connectivity index (χ1) is 16.2. The van der Waals surface area contributed by atoms with Crippen molar-refractivity contribution in [1.82, 2.24) is 24.5 Å². The molecule has 0 aliphatic heterocycles. The Morgan fingerprint density at radius 1 is 1.24 bits per heavy atom. The summed E-state index contributed by atoms with van der Waals surface area (Å²) in [5.74, 6) is 0.274. The van der Waals surface area contributed by atoms with Crippen LogP contribution in [-0.4, -0.2) is 38.4 Å². The number of carbonyl (C=O) groups excluding carboxylic acids is 1. The second-order valence-corrected chi connectivity index (χ2v) is 8.65. The Morgan fingerprint density at radius 3 is 2.68 bits per heavy atom. The Balaban J connectivity index is 1.30. The Labute approximate surface area is 202 Å². The normalized spacial score (nSPS) is 14.5. The third-order valence-electron chi connectivity index (χ3n) is 5.31. The quantitative estimate of drug-likeness (QED) is 0.241. The van der Waals surface area contributed by atoms with Crippen LogP contribution in [0.1, 0.15) is 35.2 Å². The summed E-state index contributed by atoms with van der Waals surface area (Å²) in [5, 5.41) is 4.08. The topological polar surface area (TPSA) is 91.2 Å². The Morgan fingerprint density at radius 2 is 2.03 bits per heavy atom. The standard InChI is InChI=1S/C21H19ClF3N5O3S/c1-13-2-5-16(26-12-13)33-34-29-19(31)14-3-4-15(27-18(14)22)30-10-6-17(28-30)32-11-9-20(7-8-20)21(23,24)25/h2-6,10,12H,7-9,11H2,1H3,(H,29,31). The lowest BCUT2D eigenvalue weighted by Crippen LogP contribution is -2.26. The molecule has 1 fully saturated rings. The van der Waals surface area contributed by atoms with E-state index in [1.165, 1.54) is 29.1 Å². The first kappa shape index (κ1) is 24.1. The van der Waals surface area contributed by atoms with E-state index in [1.54, 1.807) is 12.3 Å². The molecule has 0 aromatic carbocycles. The minimum absolute atomic E-state index is 0.0668. The number of amides is 1. The maximum Gasteiger partial charge on any atom is 0.394 e. The summed E-state index contributed by atoms with van der Waals surface area (Å²) in [6, 6.07) is 7.99. The van der Waals surface area contributed by atoms with Gasteiger partial charge in [0.25, 0.3) is 5.91 Å². The van der Waals surface area contributed by atoms with Gasteiger partial charge in [-0.2, -0.15) is 13.2 Å². The van der Waals surface area contributed by atoms with Gasteiger partial charge in [-0.3, -0.25) is 9.52 Å². The van der Waals surface area contributed by atoms with Crippen molar-refractivity contribution in [2.45, 2.75) is 32.4 Å². The van der Waals surface area contributed by atoms with E-state index in [2.05, 4.69) is 19.8 Å². The van der Waals surface area contributed by atoms with Crippen molar-refractivity contribution >= 4 is 29.7 Å². The number of nitrogens with one attached hydrogen (secondary N) is 1. The number of nitrogens with zero attached hydrogens (tertiary/aromatic N) is 4. The van der Waals surface area contributed by atoms with Crippen LogP contribution in [0.15, 0.2) is 42.7 Å². The fourth-order valence-corrected chi connectivity index (χ4v) is 3.72. The number of alkyl halides is 3. The monoisotopic (exact) mass is 513 g/mol. The van der Waals surface area contributed by atoms with Crippen LogP contribution in [0.5, 0.6) is 11.8 Å². The van der Waals surface area contributed by atoms with Crippen molar-refractivity contribution in [2.75, 3.05) is 6.61 Å². The summed E-state index contributed by atoms with van der Waals surface area (Å²) in [6.07, 6.45) is -0.905. The number of aromatic nitrogens is 4. The molecular weight excluding hydrogens is 495 g/mol. The van der Waals surface area contributed by atoms with Crippen LogP contribution in [0.25, 0.3) is 5.82 Å². The lowest BCUT2D eigenvalue weighted by Gasteiger charge is -2.18. The molecule has 0 unspecified atom stereocenters. The number of hydrogen-bond acceptors (Lipinski definition) is 7. The molecule has 4 rings (SSSR count). The highest BCUT2D eigenvalue weighted by Crippen LogP contribution is 2.59. The van der Waals surface area contributed by atoms with Gasteiger partial charge in [0, 0.05) is 24.5 Å². The van der Waals surface area contributed by atoms with Crippen molar-refractivity contribution in [1.29, 1.82) is 0 Å². The molecule has 13 heteroatoms. The van der Waals surface area contributed by atoms with Crippen molar-refractivity contribution in [3.63, 3.8) is 0 Å². The highest BCUT2D eigenvalue weighted by atomic mass is 35.5. The number of rotatable bonds is 9. The molecule has 0 saturated heterocycles. The summed E-state index contributed by atoms with van der Waals surface area (Å²) in [5.41, 5.74) is -0.534. The first-order valence-corrected chi connectivity index (χ1v) is 11.3. The molecule has 3 aromatic heterocycles. The molecule has 0 radical (unpaired) electrons. The molecule has 0 atom stereocenters. The van der Waals surface area contributed by atoms with Gasteiger partial charge in [-0.15, -0.1) is 5.10 Å². The number of ether oxygens (including phenoxy) is 1. The minimum Gasteiger partial charge on any atom is -0.477 e. The van der Waals surface area contributed by atoms with E-state index in [9.17, 15) is 18.0 Å². The molecular formula is C21H19ClF3N5O3S. The molecule has 3 aromatic rings. The van der Waals surface area contributed by atoms with Crippen LogP contribution >= 0.6 is 23.8 Å². The minimum atomic E-state index is -4.22. The molecule has 1 N–H and O–H groups in total. The van der Waals surface area contributed by atoms with Gasteiger partial charge in [-0.1, -0.05) is 17.7 Å². The Kier molecular flexibility index (Phi) is 6.89. The number of hydrogen-bond donors (Lipinski definition) is 1. The van der Waals surface area contributed by atoms with E-state index in [1.807, 2.05) is 13.0 Å². The molecule has 3 heterocycles. The smallest absolute Gasteiger partial charge is 0.394 e. The summed E-state index contributed by atoms with van der Waals surface area (Å²) in [6.45, 7) is 1.80. The van der Waals surface area contributed by atoms with E-state index in [0.717, 1.165) is 5.56 Å². The molecule has 34 heavy (non-hydrogen) atoms. The van der Waals surface area contributed by atoms with E-state index in [4.69, 9.17) is 20.5 Å². The lowest BCUT2D eigenvalue weighted by atomic mass is 10.0. The zero-order valence-corrected chi connectivity index (χ0v) is 19.4. The summed E-state index contributed by atoms with van der Waals surface area (Å²) in [4.78, 5) is 20.6. The van der Waals surface area contributed by atoms with Crippen LogP contribution in [0.4, 0.5) is 13.2 Å². The van der Waals surface area contributed by atoms with Crippen molar-refractivity contribution in [2.24, 2.45) is 5.41 Å². The van der Waals surface area contributed by atoms with Gasteiger partial charge >= 0.3 is 6.18 Å². The second-order valence-electron chi connectivity index (χ2n) is 7.75. The van der Waals surface area contributed by atoms with Crippen molar-refractivity contribution in [3.8, 4) is 17.6 Å². The number of pyridine rings is 2. The van der Waals surface area contributed by atoms with Crippen LogP contribution in [0, 0.1) is 12.3 Å². The number of aryl methyl sites for hydroxylation is 1. The van der Waals surface area contributed by atoms with Gasteiger partial charge in [0.05, 0.1) is 17.6 Å². The van der Waals surface area contributed by atoms with E-state index in [0.29, 0.717) is 23.9 Å². The van der Waals surface area contributed by atoms with Gasteiger partial charge in [-0.05, 0) is 43.9 Å². The SMILES string of the molecule is Cc1ccc(OSNC(=O)c2ccc(-n3ccc(OCCC4(C(F)(F)F)CC4)n3)nc2Cl)nc1. The van der Waals surface area contributed by atoms with Gasteiger partial charge in [0.2, 0.25) is 11.8 Å². The van der Waals surface area contributed by atoms with E-state index >= 15 is 0 Å². The maximum atomic E-state index is 13.0. The zero-order valence-electron chi connectivity index (χ0n) is 17.8. The molecule has 1 saturated carbocycles. The van der Waals surface area contributed by atoms with Gasteiger partial charge in [-0.25, -0.2) is 14.6 Å². The highest BCUT2D eigenvalue weighted by Gasteiger charge is 2.62. The predicted molar refractivity (Wildman–Crippen MR) is 119 cm³/mol. The third kappa shape index (κ3) is 5.55.